The molecule has 0 aliphatic carbocycles. The number of rotatable bonds is 4. The maximum absolute atomic E-state index is 12.1. The van der Waals surface area contributed by atoms with Gasteiger partial charge in [0.05, 0.1) is 5.41 Å². The van der Waals surface area contributed by atoms with E-state index in [1.165, 1.54) is 5.56 Å². The molecule has 2 rings (SSSR count). The lowest BCUT2D eigenvalue weighted by Crippen LogP contribution is -2.27. The van der Waals surface area contributed by atoms with Crippen LogP contribution >= 0.6 is 0 Å². The summed E-state index contributed by atoms with van der Waals surface area (Å²) in [5.41, 5.74) is 10.4. The smallest absolute Gasteiger partial charge is 0.234 e. The van der Waals surface area contributed by atoms with Crippen LogP contribution in [-0.4, -0.2) is 5.91 Å². The fourth-order valence-corrected chi connectivity index (χ4v) is 2.81. The molecule has 0 radical (unpaired) electrons. The van der Waals surface area contributed by atoms with Crippen molar-refractivity contribution >= 4 is 11.6 Å². The summed E-state index contributed by atoms with van der Waals surface area (Å²) in [6.07, 6.45) is 1.96. The van der Waals surface area contributed by atoms with Crippen LogP contribution < -0.4 is 11.1 Å². The number of amides is 1. The molecule has 0 fully saturated rings. The maximum Gasteiger partial charge on any atom is 0.234 e. The highest BCUT2D eigenvalue weighted by molar-refractivity contribution is 6.06. The Hall–Kier alpha value is -1.35. The standard InChI is InChI=1S/C17H26N2O/c1-6-10(3)14(18)12-8-11(7-2)15-13(9-12)17(4,5)16(20)19-15/h8-10,14H,6-7,18H2,1-5H3,(H,19,20). The van der Waals surface area contributed by atoms with Gasteiger partial charge in [-0.15, -0.1) is 0 Å². The predicted molar refractivity (Wildman–Crippen MR) is 83.9 cm³/mol. The topological polar surface area (TPSA) is 55.1 Å². The van der Waals surface area contributed by atoms with Crippen LogP contribution in [0.2, 0.25) is 0 Å². The Morgan fingerprint density at radius 3 is 2.50 bits per heavy atom. The van der Waals surface area contributed by atoms with Gasteiger partial charge < -0.3 is 11.1 Å². The lowest BCUT2D eigenvalue weighted by Gasteiger charge is -2.23. The number of fused-ring (bicyclic) bond motifs is 1. The van der Waals surface area contributed by atoms with Crippen LogP contribution in [0.4, 0.5) is 5.69 Å². The van der Waals surface area contributed by atoms with Gasteiger partial charge in [-0.05, 0) is 42.9 Å². The molecular formula is C17H26N2O. The Balaban J connectivity index is 2.55. The molecule has 3 N–H and O–H groups in total. The van der Waals surface area contributed by atoms with Crippen LogP contribution in [0.5, 0.6) is 0 Å². The largest absolute Gasteiger partial charge is 0.325 e. The Morgan fingerprint density at radius 2 is 1.95 bits per heavy atom. The first-order valence-corrected chi connectivity index (χ1v) is 7.57. The first-order chi connectivity index (χ1) is 9.32. The number of carbonyl (C=O) groups is 1. The zero-order valence-electron chi connectivity index (χ0n) is 13.2. The molecule has 1 heterocycles. The minimum absolute atomic E-state index is 0.0297. The van der Waals surface area contributed by atoms with Crippen molar-refractivity contribution in [2.45, 2.75) is 58.9 Å². The number of nitrogens with one attached hydrogen (secondary N) is 1. The van der Waals surface area contributed by atoms with E-state index in [2.05, 4.69) is 38.2 Å². The van der Waals surface area contributed by atoms with Gasteiger partial charge in [0.25, 0.3) is 0 Å². The number of carbonyl (C=O) groups excluding carboxylic acids is 1. The average molecular weight is 274 g/mol. The summed E-state index contributed by atoms with van der Waals surface area (Å²) in [5, 5.41) is 3.04. The first kappa shape index (κ1) is 15.0. The molecule has 2 atom stereocenters. The second kappa shape index (κ2) is 5.21. The van der Waals surface area contributed by atoms with E-state index in [-0.39, 0.29) is 11.9 Å². The third kappa shape index (κ3) is 2.24. The number of benzene rings is 1. The van der Waals surface area contributed by atoms with Crippen LogP contribution in [-0.2, 0) is 16.6 Å². The summed E-state index contributed by atoms with van der Waals surface area (Å²) in [6, 6.07) is 4.32. The second-order valence-electron chi connectivity index (χ2n) is 6.45. The van der Waals surface area contributed by atoms with Crippen molar-refractivity contribution in [3.8, 4) is 0 Å². The average Bonchev–Trinajstić information content (AvgIpc) is 2.67. The molecule has 1 aromatic rings. The third-order valence-electron chi connectivity index (χ3n) is 4.74. The highest BCUT2D eigenvalue weighted by atomic mass is 16.2. The Bertz CT molecular complexity index is 534. The predicted octanol–water partition coefficient (Wildman–Crippen LogP) is 3.52. The molecule has 1 aromatic carbocycles. The van der Waals surface area contributed by atoms with Gasteiger partial charge in [0.15, 0.2) is 0 Å². The Labute approximate surface area is 121 Å². The van der Waals surface area contributed by atoms with Crippen molar-refractivity contribution in [1.82, 2.24) is 0 Å². The first-order valence-electron chi connectivity index (χ1n) is 7.57. The van der Waals surface area contributed by atoms with E-state index in [4.69, 9.17) is 5.73 Å². The van der Waals surface area contributed by atoms with E-state index < -0.39 is 5.41 Å². The summed E-state index contributed by atoms with van der Waals surface area (Å²) < 4.78 is 0. The van der Waals surface area contributed by atoms with Crippen LogP contribution in [0.1, 0.15) is 63.8 Å². The van der Waals surface area contributed by atoms with E-state index >= 15 is 0 Å². The lowest BCUT2D eigenvalue weighted by atomic mass is 9.82. The SMILES string of the molecule is CCc1cc(C(N)C(C)CC)cc2c1NC(=O)C2(C)C. The highest BCUT2D eigenvalue weighted by Crippen LogP contribution is 2.41. The van der Waals surface area contributed by atoms with Crippen LogP contribution in [0.15, 0.2) is 12.1 Å². The zero-order chi connectivity index (χ0) is 15.1. The number of nitrogens with two attached hydrogens (primary N) is 1. The molecular weight excluding hydrogens is 248 g/mol. The monoisotopic (exact) mass is 274 g/mol. The van der Waals surface area contributed by atoms with Gasteiger partial charge in [-0.25, -0.2) is 0 Å². The van der Waals surface area contributed by atoms with Crippen molar-refractivity contribution < 1.29 is 4.79 Å². The lowest BCUT2D eigenvalue weighted by molar-refractivity contribution is -0.119. The van der Waals surface area contributed by atoms with Gasteiger partial charge in [-0.1, -0.05) is 39.3 Å². The van der Waals surface area contributed by atoms with Crippen LogP contribution in [0.3, 0.4) is 0 Å². The molecule has 1 aliphatic heterocycles. The van der Waals surface area contributed by atoms with Crippen LogP contribution in [0.25, 0.3) is 0 Å². The summed E-state index contributed by atoms with van der Waals surface area (Å²) in [4.78, 5) is 12.1. The molecule has 0 spiro atoms. The van der Waals surface area contributed by atoms with Crippen molar-refractivity contribution in [1.29, 1.82) is 0 Å². The molecule has 3 heteroatoms. The third-order valence-corrected chi connectivity index (χ3v) is 4.74. The van der Waals surface area contributed by atoms with Crippen molar-refractivity contribution in [3.63, 3.8) is 0 Å². The van der Waals surface area contributed by atoms with Gasteiger partial charge >= 0.3 is 0 Å². The van der Waals surface area contributed by atoms with E-state index in [1.54, 1.807) is 0 Å². The number of anilines is 1. The quantitative estimate of drug-likeness (QED) is 0.882. The van der Waals surface area contributed by atoms with Crippen molar-refractivity contribution in [2.75, 3.05) is 5.32 Å². The summed E-state index contributed by atoms with van der Waals surface area (Å²) in [6.45, 7) is 10.4. The molecule has 20 heavy (non-hydrogen) atoms. The summed E-state index contributed by atoms with van der Waals surface area (Å²) in [7, 11) is 0. The molecule has 1 amide bonds. The molecule has 0 saturated heterocycles. The number of hydrogen-bond acceptors (Lipinski definition) is 2. The zero-order valence-corrected chi connectivity index (χ0v) is 13.2. The second-order valence-corrected chi connectivity index (χ2v) is 6.45. The van der Waals surface area contributed by atoms with E-state index in [9.17, 15) is 4.79 Å². The molecule has 110 valence electrons. The van der Waals surface area contributed by atoms with Gasteiger partial charge in [0, 0.05) is 11.7 Å². The number of aryl methyl sites for hydroxylation is 1. The van der Waals surface area contributed by atoms with Crippen molar-refractivity contribution in [3.05, 3.63) is 28.8 Å². The maximum atomic E-state index is 12.1. The minimum Gasteiger partial charge on any atom is -0.325 e. The van der Waals surface area contributed by atoms with E-state index in [0.717, 1.165) is 29.7 Å². The summed E-state index contributed by atoms with van der Waals surface area (Å²) >= 11 is 0. The van der Waals surface area contributed by atoms with E-state index in [0.29, 0.717) is 5.92 Å². The van der Waals surface area contributed by atoms with Crippen LogP contribution in [0, 0.1) is 5.92 Å². The Morgan fingerprint density at radius 1 is 1.30 bits per heavy atom. The van der Waals surface area contributed by atoms with Gasteiger partial charge in [-0.2, -0.15) is 0 Å². The van der Waals surface area contributed by atoms with Gasteiger partial charge in [0.2, 0.25) is 5.91 Å². The molecule has 2 unspecified atom stereocenters. The summed E-state index contributed by atoms with van der Waals surface area (Å²) in [5.74, 6) is 0.516. The van der Waals surface area contributed by atoms with Crippen molar-refractivity contribution in [2.24, 2.45) is 11.7 Å². The normalized spacial score (nSPS) is 19.4. The molecule has 1 aliphatic rings. The fraction of sp³-hybridized carbons (Fsp3) is 0.588. The van der Waals surface area contributed by atoms with Gasteiger partial charge in [0.1, 0.15) is 0 Å². The number of hydrogen-bond donors (Lipinski definition) is 2. The molecule has 0 saturated carbocycles. The highest BCUT2D eigenvalue weighted by Gasteiger charge is 2.39. The van der Waals surface area contributed by atoms with Gasteiger partial charge in [-0.3, -0.25) is 4.79 Å². The molecule has 0 aromatic heterocycles. The van der Waals surface area contributed by atoms with E-state index in [1.807, 2.05) is 13.8 Å². The fourth-order valence-electron chi connectivity index (χ4n) is 2.81. The molecule has 3 nitrogen and oxygen atoms in total. The minimum atomic E-state index is -0.468. The molecule has 0 bridgehead atoms. The Kier molecular flexibility index (Phi) is 3.92.